The minimum Gasteiger partial charge on any atom is -0.258 e. The molecule has 0 N–H and O–H groups in total. The van der Waals surface area contributed by atoms with E-state index in [1.807, 2.05) is 66.9 Å². The SMILES string of the molecule is N#Cc1ccc(/C=C/c2cn(-c3ccccc3)nc2-c2cccc([N+](=O)[O-])c2)cc1. The molecule has 6 nitrogen and oxygen atoms in total. The van der Waals surface area contributed by atoms with Crippen molar-refractivity contribution in [3.8, 4) is 23.0 Å². The van der Waals surface area contributed by atoms with Crippen LogP contribution in [0.5, 0.6) is 0 Å². The van der Waals surface area contributed by atoms with Crippen molar-refractivity contribution in [2.45, 2.75) is 0 Å². The van der Waals surface area contributed by atoms with Gasteiger partial charge in [-0.05, 0) is 29.8 Å². The first-order valence-corrected chi connectivity index (χ1v) is 9.22. The molecule has 0 atom stereocenters. The fourth-order valence-corrected chi connectivity index (χ4v) is 3.07. The molecule has 0 saturated carbocycles. The number of nitro groups is 1. The summed E-state index contributed by atoms with van der Waals surface area (Å²) in [7, 11) is 0. The molecule has 30 heavy (non-hydrogen) atoms. The van der Waals surface area contributed by atoms with E-state index in [4.69, 9.17) is 10.4 Å². The van der Waals surface area contributed by atoms with Crippen molar-refractivity contribution in [1.82, 2.24) is 9.78 Å². The van der Waals surface area contributed by atoms with Gasteiger partial charge in [0.25, 0.3) is 5.69 Å². The number of para-hydroxylation sites is 1. The van der Waals surface area contributed by atoms with Gasteiger partial charge in [-0.25, -0.2) is 4.68 Å². The van der Waals surface area contributed by atoms with Crippen LogP contribution in [0.3, 0.4) is 0 Å². The van der Waals surface area contributed by atoms with E-state index in [2.05, 4.69) is 6.07 Å². The van der Waals surface area contributed by atoms with Gasteiger partial charge in [0.05, 0.1) is 22.2 Å². The Kier molecular flexibility index (Phi) is 5.18. The van der Waals surface area contributed by atoms with E-state index >= 15 is 0 Å². The molecule has 1 heterocycles. The first kappa shape index (κ1) is 18.8. The molecule has 4 aromatic rings. The summed E-state index contributed by atoms with van der Waals surface area (Å²) in [5.74, 6) is 0. The maximum absolute atomic E-state index is 11.2. The molecular weight excluding hydrogens is 376 g/mol. The van der Waals surface area contributed by atoms with Crippen molar-refractivity contribution >= 4 is 17.8 Å². The number of aromatic nitrogens is 2. The number of nitro benzene ring substituents is 1. The van der Waals surface area contributed by atoms with Gasteiger partial charge in [0.2, 0.25) is 0 Å². The molecule has 6 heteroatoms. The average Bonchev–Trinajstić information content (AvgIpc) is 3.23. The van der Waals surface area contributed by atoms with Crippen molar-refractivity contribution in [2.24, 2.45) is 0 Å². The largest absolute Gasteiger partial charge is 0.270 e. The third kappa shape index (κ3) is 4.01. The Balaban J connectivity index is 1.78. The first-order valence-electron chi connectivity index (χ1n) is 9.22. The molecule has 4 rings (SSSR count). The molecule has 0 aliphatic heterocycles. The van der Waals surface area contributed by atoms with Gasteiger partial charge >= 0.3 is 0 Å². The predicted molar refractivity (Wildman–Crippen MR) is 116 cm³/mol. The number of benzene rings is 3. The molecule has 0 amide bonds. The Morgan fingerprint density at radius 3 is 2.43 bits per heavy atom. The van der Waals surface area contributed by atoms with Crippen molar-refractivity contribution < 1.29 is 4.92 Å². The van der Waals surface area contributed by atoms with Crippen LogP contribution in [0.4, 0.5) is 5.69 Å². The van der Waals surface area contributed by atoms with E-state index in [1.54, 1.807) is 22.9 Å². The lowest BCUT2D eigenvalue weighted by atomic mass is 10.1. The first-order chi connectivity index (χ1) is 14.6. The van der Waals surface area contributed by atoms with E-state index in [9.17, 15) is 10.1 Å². The quantitative estimate of drug-likeness (QED) is 0.332. The number of hydrogen-bond donors (Lipinski definition) is 0. The summed E-state index contributed by atoms with van der Waals surface area (Å²) in [5.41, 5.74) is 4.58. The highest BCUT2D eigenvalue weighted by atomic mass is 16.6. The lowest BCUT2D eigenvalue weighted by Crippen LogP contribution is -1.94. The number of nitrogens with zero attached hydrogens (tertiary/aromatic N) is 4. The van der Waals surface area contributed by atoms with E-state index in [0.717, 1.165) is 16.8 Å². The molecule has 0 bridgehead atoms. The van der Waals surface area contributed by atoms with Crippen molar-refractivity contribution in [3.63, 3.8) is 0 Å². The molecule has 1 aromatic heterocycles. The van der Waals surface area contributed by atoms with Crippen LogP contribution >= 0.6 is 0 Å². The average molecular weight is 392 g/mol. The Hall–Kier alpha value is -4.50. The van der Waals surface area contributed by atoms with Gasteiger partial charge < -0.3 is 0 Å². The molecular formula is C24H16N4O2. The summed E-state index contributed by atoms with van der Waals surface area (Å²) < 4.78 is 1.76. The molecule has 0 spiro atoms. The smallest absolute Gasteiger partial charge is 0.258 e. The van der Waals surface area contributed by atoms with Gasteiger partial charge in [-0.3, -0.25) is 10.1 Å². The fraction of sp³-hybridized carbons (Fsp3) is 0. The van der Waals surface area contributed by atoms with Gasteiger partial charge in [-0.1, -0.05) is 54.6 Å². The van der Waals surface area contributed by atoms with Crippen LogP contribution in [0.1, 0.15) is 16.7 Å². The molecule has 0 radical (unpaired) electrons. The minimum atomic E-state index is -0.413. The molecule has 3 aromatic carbocycles. The highest BCUT2D eigenvalue weighted by Crippen LogP contribution is 2.28. The summed E-state index contributed by atoms with van der Waals surface area (Å²) in [6.45, 7) is 0. The molecule has 0 saturated heterocycles. The number of nitriles is 1. The maximum atomic E-state index is 11.2. The summed E-state index contributed by atoms with van der Waals surface area (Å²) >= 11 is 0. The van der Waals surface area contributed by atoms with Crippen LogP contribution in [-0.2, 0) is 0 Å². The monoisotopic (exact) mass is 392 g/mol. The topological polar surface area (TPSA) is 84.8 Å². The zero-order chi connectivity index (χ0) is 20.9. The zero-order valence-electron chi connectivity index (χ0n) is 15.8. The Bertz CT molecular complexity index is 1270. The van der Waals surface area contributed by atoms with E-state index in [0.29, 0.717) is 16.8 Å². The molecule has 0 aliphatic rings. The van der Waals surface area contributed by atoms with Crippen molar-refractivity contribution in [2.75, 3.05) is 0 Å². The van der Waals surface area contributed by atoms with Gasteiger partial charge in [0.1, 0.15) is 5.69 Å². The summed E-state index contributed by atoms with van der Waals surface area (Å²) in [6.07, 6.45) is 5.74. The number of hydrogen-bond acceptors (Lipinski definition) is 4. The van der Waals surface area contributed by atoms with Crippen LogP contribution in [0.25, 0.3) is 29.1 Å². The van der Waals surface area contributed by atoms with Gasteiger partial charge in [-0.2, -0.15) is 10.4 Å². The molecule has 144 valence electrons. The standard InChI is InChI=1S/C24H16N4O2/c25-16-19-11-9-18(10-12-19)13-14-21-17-27(22-6-2-1-3-7-22)26-24(21)20-5-4-8-23(15-20)28(29)30/h1-15,17H/b14-13+. The van der Waals surface area contributed by atoms with E-state index in [-0.39, 0.29) is 5.69 Å². The summed E-state index contributed by atoms with van der Waals surface area (Å²) in [5, 5.41) is 24.8. The highest BCUT2D eigenvalue weighted by Gasteiger charge is 2.14. The minimum absolute atomic E-state index is 0.0174. The van der Waals surface area contributed by atoms with E-state index in [1.165, 1.54) is 12.1 Å². The van der Waals surface area contributed by atoms with Crippen molar-refractivity contribution in [3.05, 3.63) is 112 Å². The predicted octanol–water partition coefficient (Wildman–Crippen LogP) is 5.49. The summed E-state index contributed by atoms with van der Waals surface area (Å²) in [6, 6.07) is 25.5. The van der Waals surface area contributed by atoms with Crippen LogP contribution in [0, 0.1) is 21.4 Å². The van der Waals surface area contributed by atoms with Gasteiger partial charge in [0.15, 0.2) is 0 Å². The van der Waals surface area contributed by atoms with Crippen molar-refractivity contribution in [1.29, 1.82) is 5.26 Å². The van der Waals surface area contributed by atoms with E-state index < -0.39 is 4.92 Å². The second-order valence-corrected chi connectivity index (χ2v) is 6.59. The molecule has 0 fully saturated rings. The Morgan fingerprint density at radius 1 is 0.967 bits per heavy atom. The van der Waals surface area contributed by atoms with Crippen LogP contribution < -0.4 is 0 Å². The number of rotatable bonds is 5. The second kappa shape index (κ2) is 8.25. The maximum Gasteiger partial charge on any atom is 0.270 e. The normalized spacial score (nSPS) is 10.8. The fourth-order valence-electron chi connectivity index (χ4n) is 3.07. The van der Waals surface area contributed by atoms with Crippen LogP contribution in [0.15, 0.2) is 85.1 Å². The summed E-state index contributed by atoms with van der Waals surface area (Å²) in [4.78, 5) is 10.8. The van der Waals surface area contributed by atoms with Crippen LogP contribution in [-0.4, -0.2) is 14.7 Å². The molecule has 0 aliphatic carbocycles. The lowest BCUT2D eigenvalue weighted by Gasteiger charge is -2.01. The third-order valence-electron chi connectivity index (χ3n) is 4.59. The third-order valence-corrected chi connectivity index (χ3v) is 4.59. The second-order valence-electron chi connectivity index (χ2n) is 6.59. The van der Waals surface area contributed by atoms with Gasteiger partial charge in [-0.15, -0.1) is 0 Å². The highest BCUT2D eigenvalue weighted by molar-refractivity contribution is 5.79. The number of non-ortho nitro benzene ring substituents is 1. The Labute approximate surface area is 173 Å². The Morgan fingerprint density at radius 2 is 1.73 bits per heavy atom. The zero-order valence-corrected chi connectivity index (χ0v) is 15.8. The molecule has 0 unspecified atom stereocenters. The van der Waals surface area contributed by atoms with Crippen LogP contribution in [0.2, 0.25) is 0 Å². The lowest BCUT2D eigenvalue weighted by molar-refractivity contribution is -0.384. The van der Waals surface area contributed by atoms with Gasteiger partial charge in [0, 0.05) is 29.5 Å².